The Morgan fingerprint density at radius 2 is 2.08 bits per heavy atom. The zero-order chi connectivity index (χ0) is 17.8. The molecule has 2 N–H and O–H groups in total. The van der Waals surface area contributed by atoms with E-state index < -0.39 is 6.10 Å². The molecule has 1 fully saturated rings. The van der Waals surface area contributed by atoms with E-state index in [1.165, 1.54) is 12.8 Å². The van der Waals surface area contributed by atoms with Gasteiger partial charge in [0.25, 0.3) is 5.91 Å². The number of aliphatic hydroxyl groups is 1. The Balaban J connectivity index is 1.60. The van der Waals surface area contributed by atoms with Crippen molar-refractivity contribution in [1.82, 2.24) is 15.1 Å². The van der Waals surface area contributed by atoms with Crippen LogP contribution >= 0.6 is 0 Å². The van der Waals surface area contributed by atoms with Gasteiger partial charge in [-0.05, 0) is 56.4 Å². The Morgan fingerprint density at radius 3 is 2.76 bits per heavy atom. The van der Waals surface area contributed by atoms with Gasteiger partial charge in [-0.1, -0.05) is 25.0 Å². The lowest BCUT2D eigenvalue weighted by atomic mass is 10.0. The lowest BCUT2D eigenvalue weighted by Gasteiger charge is -2.18. The number of carbonyl (C=O) groups excluding carboxylic acids is 1. The maximum absolute atomic E-state index is 12.4. The molecule has 5 nitrogen and oxygen atoms in total. The van der Waals surface area contributed by atoms with Gasteiger partial charge in [0.15, 0.2) is 0 Å². The number of hydrogen-bond acceptors (Lipinski definition) is 3. The molecule has 1 aromatic heterocycles. The fourth-order valence-electron chi connectivity index (χ4n) is 3.63. The van der Waals surface area contributed by atoms with Crippen molar-refractivity contribution in [2.75, 3.05) is 6.54 Å². The van der Waals surface area contributed by atoms with Crippen LogP contribution in [0, 0.1) is 19.8 Å². The summed E-state index contributed by atoms with van der Waals surface area (Å²) in [6.07, 6.45) is 4.06. The lowest BCUT2D eigenvalue weighted by molar-refractivity contribution is 0.0840. The average Bonchev–Trinajstić information content (AvgIpc) is 3.23. The Hall–Kier alpha value is -2.14. The molecule has 1 unspecified atom stereocenters. The molecule has 3 rings (SSSR count). The van der Waals surface area contributed by atoms with Gasteiger partial charge >= 0.3 is 0 Å². The van der Waals surface area contributed by atoms with Gasteiger partial charge in [0.1, 0.15) is 0 Å². The van der Waals surface area contributed by atoms with Gasteiger partial charge in [-0.3, -0.25) is 9.48 Å². The quantitative estimate of drug-likeness (QED) is 0.849. The first-order valence-corrected chi connectivity index (χ1v) is 9.09. The highest BCUT2D eigenvalue weighted by molar-refractivity contribution is 5.94. The highest BCUT2D eigenvalue weighted by Gasteiger charge is 2.23. The maximum Gasteiger partial charge on any atom is 0.251 e. The number of rotatable bonds is 6. The summed E-state index contributed by atoms with van der Waals surface area (Å²) in [7, 11) is 0. The zero-order valence-electron chi connectivity index (χ0n) is 15.0. The molecule has 1 atom stereocenters. The molecule has 1 heterocycles. The summed E-state index contributed by atoms with van der Waals surface area (Å²) >= 11 is 0. The van der Waals surface area contributed by atoms with Gasteiger partial charge < -0.3 is 10.4 Å². The minimum atomic E-state index is -0.440. The number of amides is 1. The van der Waals surface area contributed by atoms with Gasteiger partial charge in [0.05, 0.1) is 18.3 Å². The van der Waals surface area contributed by atoms with E-state index in [0.29, 0.717) is 24.6 Å². The highest BCUT2D eigenvalue weighted by Crippen LogP contribution is 2.27. The molecular formula is C20H27N3O2. The second-order valence-electron chi connectivity index (χ2n) is 7.11. The summed E-state index contributed by atoms with van der Waals surface area (Å²) < 4.78 is 1.94. The van der Waals surface area contributed by atoms with Crippen molar-refractivity contribution in [3.63, 3.8) is 0 Å². The minimum Gasteiger partial charge on any atom is -0.391 e. The van der Waals surface area contributed by atoms with Crippen molar-refractivity contribution < 1.29 is 9.90 Å². The molecule has 0 bridgehead atoms. The Labute approximate surface area is 149 Å². The molecule has 1 aromatic carbocycles. The van der Waals surface area contributed by atoms with E-state index in [0.717, 1.165) is 29.8 Å². The molecule has 1 aliphatic carbocycles. The number of benzene rings is 1. The lowest BCUT2D eigenvalue weighted by Crippen LogP contribution is -2.35. The molecule has 0 saturated heterocycles. The first-order valence-electron chi connectivity index (χ1n) is 9.09. The number of aliphatic hydroxyl groups excluding tert-OH is 1. The third kappa shape index (κ3) is 4.48. The van der Waals surface area contributed by atoms with Crippen LogP contribution in [0.3, 0.4) is 0 Å². The van der Waals surface area contributed by atoms with Crippen molar-refractivity contribution >= 4 is 5.91 Å². The van der Waals surface area contributed by atoms with Gasteiger partial charge in [0, 0.05) is 17.8 Å². The SMILES string of the molecule is Cc1cc(C)n(Cc2cccc(C(=O)NCC(O)C3CCCC3)c2)n1. The Bertz CT molecular complexity index is 732. The molecule has 0 aliphatic heterocycles. The van der Waals surface area contributed by atoms with Crippen LogP contribution in [0.4, 0.5) is 0 Å². The third-order valence-corrected chi connectivity index (χ3v) is 5.04. The smallest absolute Gasteiger partial charge is 0.251 e. The van der Waals surface area contributed by atoms with E-state index in [-0.39, 0.29) is 5.91 Å². The molecule has 25 heavy (non-hydrogen) atoms. The van der Waals surface area contributed by atoms with Crippen LogP contribution in [-0.4, -0.2) is 33.4 Å². The summed E-state index contributed by atoms with van der Waals surface area (Å²) in [4.78, 5) is 12.4. The third-order valence-electron chi connectivity index (χ3n) is 5.04. The number of aromatic nitrogens is 2. The summed E-state index contributed by atoms with van der Waals surface area (Å²) in [6, 6.07) is 9.64. The van der Waals surface area contributed by atoms with Crippen LogP contribution in [-0.2, 0) is 6.54 Å². The molecule has 1 saturated carbocycles. The average molecular weight is 341 g/mol. The van der Waals surface area contributed by atoms with E-state index in [9.17, 15) is 9.90 Å². The van der Waals surface area contributed by atoms with Crippen LogP contribution in [0.5, 0.6) is 0 Å². The van der Waals surface area contributed by atoms with E-state index in [1.54, 1.807) is 0 Å². The number of nitrogens with zero attached hydrogens (tertiary/aromatic N) is 2. The number of nitrogens with one attached hydrogen (secondary N) is 1. The van der Waals surface area contributed by atoms with Crippen molar-refractivity contribution in [3.05, 3.63) is 52.8 Å². The molecule has 1 amide bonds. The summed E-state index contributed by atoms with van der Waals surface area (Å²) in [5.41, 5.74) is 3.76. The van der Waals surface area contributed by atoms with Crippen LogP contribution in [0.25, 0.3) is 0 Å². The van der Waals surface area contributed by atoms with Crippen molar-refractivity contribution in [3.8, 4) is 0 Å². The Morgan fingerprint density at radius 1 is 1.32 bits per heavy atom. The second-order valence-corrected chi connectivity index (χ2v) is 7.11. The molecule has 2 aromatic rings. The first kappa shape index (κ1) is 17.7. The molecular weight excluding hydrogens is 314 g/mol. The first-order chi connectivity index (χ1) is 12.0. The minimum absolute atomic E-state index is 0.132. The summed E-state index contributed by atoms with van der Waals surface area (Å²) in [5.74, 6) is 0.199. The highest BCUT2D eigenvalue weighted by atomic mass is 16.3. The maximum atomic E-state index is 12.4. The van der Waals surface area contributed by atoms with E-state index in [2.05, 4.69) is 10.4 Å². The van der Waals surface area contributed by atoms with Crippen molar-refractivity contribution in [2.24, 2.45) is 5.92 Å². The number of aryl methyl sites for hydroxylation is 2. The second kappa shape index (κ2) is 7.83. The molecule has 134 valence electrons. The van der Waals surface area contributed by atoms with Crippen LogP contribution in [0.2, 0.25) is 0 Å². The predicted octanol–water partition coefficient (Wildman–Crippen LogP) is 2.83. The Kier molecular flexibility index (Phi) is 5.53. The van der Waals surface area contributed by atoms with E-state index >= 15 is 0 Å². The summed E-state index contributed by atoms with van der Waals surface area (Å²) in [5, 5.41) is 17.5. The van der Waals surface area contributed by atoms with Crippen LogP contribution in [0.1, 0.15) is 53.0 Å². The monoisotopic (exact) mass is 341 g/mol. The van der Waals surface area contributed by atoms with Crippen LogP contribution < -0.4 is 5.32 Å². The van der Waals surface area contributed by atoms with Crippen LogP contribution in [0.15, 0.2) is 30.3 Å². The van der Waals surface area contributed by atoms with E-state index in [1.807, 2.05) is 48.9 Å². The standard InChI is InChI=1S/C20H27N3O2/c1-14-10-15(2)23(22-14)13-16-6-5-9-18(11-16)20(25)21-12-19(24)17-7-3-4-8-17/h5-6,9-11,17,19,24H,3-4,7-8,12-13H2,1-2H3,(H,21,25). The van der Waals surface area contributed by atoms with Crippen molar-refractivity contribution in [2.45, 2.75) is 52.2 Å². The van der Waals surface area contributed by atoms with Crippen molar-refractivity contribution in [1.29, 1.82) is 0 Å². The zero-order valence-corrected chi connectivity index (χ0v) is 15.0. The normalized spacial score (nSPS) is 16.1. The fraction of sp³-hybridized carbons (Fsp3) is 0.500. The number of hydrogen-bond donors (Lipinski definition) is 2. The van der Waals surface area contributed by atoms with E-state index in [4.69, 9.17) is 0 Å². The molecule has 0 spiro atoms. The predicted molar refractivity (Wildman–Crippen MR) is 97.5 cm³/mol. The topological polar surface area (TPSA) is 67.2 Å². The van der Waals surface area contributed by atoms with Gasteiger partial charge in [0.2, 0.25) is 0 Å². The number of carbonyl (C=O) groups is 1. The molecule has 5 heteroatoms. The molecule has 1 aliphatic rings. The van der Waals surface area contributed by atoms with Gasteiger partial charge in [-0.2, -0.15) is 5.10 Å². The van der Waals surface area contributed by atoms with Gasteiger partial charge in [-0.25, -0.2) is 0 Å². The largest absolute Gasteiger partial charge is 0.391 e. The summed E-state index contributed by atoms with van der Waals surface area (Å²) in [6.45, 7) is 4.97. The molecule has 0 radical (unpaired) electrons. The fourth-order valence-corrected chi connectivity index (χ4v) is 3.63. The van der Waals surface area contributed by atoms with Gasteiger partial charge in [-0.15, -0.1) is 0 Å².